The average Bonchev–Trinajstić information content (AvgIpc) is 3.32. The molecular weight excluding hydrogens is 405 g/mol. The Morgan fingerprint density at radius 2 is 2.19 bits per heavy atom. The Labute approximate surface area is 172 Å². The first kappa shape index (κ1) is 19.9. The van der Waals surface area contributed by atoms with E-state index in [1.54, 1.807) is 24.3 Å². The lowest BCUT2D eigenvalue weighted by atomic mass is 10.2. The van der Waals surface area contributed by atoms with Crippen molar-refractivity contribution in [2.45, 2.75) is 13.1 Å². The third kappa shape index (κ3) is 5.11. The molecule has 0 bridgehead atoms. The molecule has 0 saturated carbocycles. The minimum Gasteiger partial charge on any atom is -0.383 e. The fraction of sp³-hybridized carbons (Fsp3) is 0.263. The van der Waals surface area contributed by atoms with E-state index in [1.807, 2.05) is 40.4 Å². The summed E-state index contributed by atoms with van der Waals surface area (Å²) >= 11 is 13.7. The highest BCUT2D eigenvalue weighted by molar-refractivity contribution is 7.12. The van der Waals surface area contributed by atoms with Gasteiger partial charge in [0.1, 0.15) is 5.82 Å². The number of amides is 1. The molecular formula is C19H19Cl2N3O2S. The van der Waals surface area contributed by atoms with Crippen LogP contribution in [0.4, 0.5) is 0 Å². The highest BCUT2D eigenvalue weighted by atomic mass is 35.5. The number of hydrogen-bond donors (Lipinski definition) is 0. The van der Waals surface area contributed by atoms with Gasteiger partial charge in [-0.2, -0.15) is 0 Å². The summed E-state index contributed by atoms with van der Waals surface area (Å²) in [7, 11) is 1.62. The van der Waals surface area contributed by atoms with Crippen LogP contribution in [-0.4, -0.2) is 40.6 Å². The Kier molecular flexibility index (Phi) is 6.90. The van der Waals surface area contributed by atoms with Gasteiger partial charge < -0.3 is 14.2 Å². The number of aromatic nitrogens is 2. The van der Waals surface area contributed by atoms with Crippen molar-refractivity contribution >= 4 is 40.4 Å². The van der Waals surface area contributed by atoms with Gasteiger partial charge in [0.25, 0.3) is 5.91 Å². The zero-order valence-corrected chi connectivity index (χ0v) is 17.1. The summed E-state index contributed by atoms with van der Waals surface area (Å²) in [6.07, 6.45) is 3.60. The Bertz CT molecular complexity index is 896. The van der Waals surface area contributed by atoms with Crippen LogP contribution in [-0.2, 0) is 17.8 Å². The maximum Gasteiger partial charge on any atom is 0.264 e. The summed E-state index contributed by atoms with van der Waals surface area (Å²) in [5.41, 5.74) is 0.938. The van der Waals surface area contributed by atoms with Gasteiger partial charge in [-0.25, -0.2) is 4.98 Å². The molecule has 0 radical (unpaired) electrons. The fourth-order valence-corrected chi connectivity index (χ4v) is 3.81. The minimum atomic E-state index is -0.0267. The first-order valence-electron chi connectivity index (χ1n) is 8.34. The maximum absolute atomic E-state index is 12.8. The van der Waals surface area contributed by atoms with Gasteiger partial charge in [-0.15, -0.1) is 11.3 Å². The largest absolute Gasteiger partial charge is 0.383 e. The standard InChI is InChI=1S/C19H19Cl2N3O2S/c1-26-9-8-24(19(25)17-3-2-10-27-17)13-18-22-6-7-23(18)12-14-4-5-15(20)11-16(14)21/h2-7,10-11H,8-9,12-13H2,1H3. The second kappa shape index (κ2) is 9.37. The quantitative estimate of drug-likeness (QED) is 0.532. The molecule has 2 aromatic heterocycles. The number of hydrogen-bond acceptors (Lipinski definition) is 4. The van der Waals surface area contributed by atoms with Gasteiger partial charge in [0, 0.05) is 36.1 Å². The molecule has 8 heteroatoms. The van der Waals surface area contributed by atoms with Gasteiger partial charge in [-0.05, 0) is 29.1 Å². The third-order valence-corrected chi connectivity index (χ3v) is 5.52. The Morgan fingerprint density at radius 3 is 2.89 bits per heavy atom. The topological polar surface area (TPSA) is 47.4 Å². The Hall–Kier alpha value is -1.86. The molecule has 27 heavy (non-hydrogen) atoms. The molecule has 3 aromatic rings. The molecule has 1 aromatic carbocycles. The van der Waals surface area contributed by atoms with E-state index in [0.29, 0.717) is 41.2 Å². The number of rotatable bonds is 8. The number of carbonyl (C=O) groups is 1. The number of benzene rings is 1. The van der Waals surface area contributed by atoms with Gasteiger partial charge in [0.2, 0.25) is 0 Å². The molecule has 0 aliphatic rings. The van der Waals surface area contributed by atoms with E-state index >= 15 is 0 Å². The number of halogens is 2. The van der Waals surface area contributed by atoms with Crippen LogP contribution in [0.5, 0.6) is 0 Å². The zero-order valence-electron chi connectivity index (χ0n) is 14.8. The van der Waals surface area contributed by atoms with Crippen molar-refractivity contribution in [2.75, 3.05) is 20.3 Å². The number of methoxy groups -OCH3 is 1. The molecule has 0 atom stereocenters. The summed E-state index contributed by atoms with van der Waals surface area (Å²) in [4.78, 5) is 19.7. The van der Waals surface area contributed by atoms with Crippen molar-refractivity contribution in [2.24, 2.45) is 0 Å². The van der Waals surface area contributed by atoms with Crippen molar-refractivity contribution in [3.8, 4) is 0 Å². The van der Waals surface area contributed by atoms with Gasteiger partial charge in [0.15, 0.2) is 0 Å². The number of nitrogens with zero attached hydrogens (tertiary/aromatic N) is 3. The van der Waals surface area contributed by atoms with E-state index < -0.39 is 0 Å². The highest BCUT2D eigenvalue weighted by Gasteiger charge is 2.19. The van der Waals surface area contributed by atoms with Crippen LogP contribution in [0.3, 0.4) is 0 Å². The highest BCUT2D eigenvalue weighted by Crippen LogP contribution is 2.22. The normalized spacial score (nSPS) is 10.9. The molecule has 0 unspecified atom stereocenters. The molecule has 5 nitrogen and oxygen atoms in total. The van der Waals surface area contributed by atoms with E-state index in [4.69, 9.17) is 27.9 Å². The summed E-state index contributed by atoms with van der Waals surface area (Å²) in [5, 5.41) is 3.10. The van der Waals surface area contributed by atoms with Gasteiger partial charge in [0.05, 0.1) is 24.6 Å². The lowest BCUT2D eigenvalue weighted by Crippen LogP contribution is -2.34. The summed E-state index contributed by atoms with van der Waals surface area (Å²) in [6, 6.07) is 9.13. The number of imidazole rings is 1. The summed E-state index contributed by atoms with van der Waals surface area (Å²) in [6.45, 7) is 1.89. The number of thiophene rings is 1. The second-order valence-electron chi connectivity index (χ2n) is 5.90. The van der Waals surface area contributed by atoms with Gasteiger partial charge >= 0.3 is 0 Å². The summed E-state index contributed by atoms with van der Waals surface area (Å²) in [5.74, 6) is 0.753. The first-order valence-corrected chi connectivity index (χ1v) is 9.97. The molecule has 2 heterocycles. The van der Waals surface area contributed by atoms with Gasteiger partial charge in [-0.3, -0.25) is 4.79 Å². The van der Waals surface area contributed by atoms with Crippen molar-refractivity contribution in [1.29, 1.82) is 0 Å². The van der Waals surface area contributed by atoms with E-state index in [2.05, 4.69) is 4.98 Å². The second-order valence-corrected chi connectivity index (χ2v) is 7.70. The maximum atomic E-state index is 12.8. The summed E-state index contributed by atoms with van der Waals surface area (Å²) < 4.78 is 7.15. The van der Waals surface area contributed by atoms with Crippen LogP contribution in [0.2, 0.25) is 10.0 Å². The van der Waals surface area contributed by atoms with Crippen molar-refractivity contribution in [3.63, 3.8) is 0 Å². The van der Waals surface area contributed by atoms with Crippen LogP contribution in [0.15, 0.2) is 48.1 Å². The zero-order chi connectivity index (χ0) is 19.2. The molecule has 0 fully saturated rings. The van der Waals surface area contributed by atoms with Crippen molar-refractivity contribution < 1.29 is 9.53 Å². The van der Waals surface area contributed by atoms with E-state index in [9.17, 15) is 4.79 Å². The smallest absolute Gasteiger partial charge is 0.264 e. The fourth-order valence-electron chi connectivity index (χ4n) is 2.65. The minimum absolute atomic E-state index is 0.0267. The average molecular weight is 424 g/mol. The monoisotopic (exact) mass is 423 g/mol. The predicted octanol–water partition coefficient (Wildman–Crippen LogP) is 4.59. The molecule has 3 rings (SSSR count). The van der Waals surface area contributed by atoms with Crippen LogP contribution < -0.4 is 0 Å². The lowest BCUT2D eigenvalue weighted by molar-refractivity contribution is 0.0678. The van der Waals surface area contributed by atoms with E-state index in [1.165, 1.54) is 11.3 Å². The molecule has 1 amide bonds. The van der Waals surface area contributed by atoms with E-state index in [-0.39, 0.29) is 5.91 Å². The molecule has 142 valence electrons. The molecule has 0 aliphatic heterocycles. The van der Waals surface area contributed by atoms with Crippen LogP contribution in [0.1, 0.15) is 21.1 Å². The van der Waals surface area contributed by atoms with Crippen LogP contribution >= 0.6 is 34.5 Å². The van der Waals surface area contributed by atoms with Crippen molar-refractivity contribution in [1.82, 2.24) is 14.5 Å². The Morgan fingerprint density at radius 1 is 1.33 bits per heavy atom. The lowest BCUT2D eigenvalue weighted by Gasteiger charge is -2.22. The predicted molar refractivity (Wildman–Crippen MR) is 109 cm³/mol. The van der Waals surface area contributed by atoms with Crippen LogP contribution in [0.25, 0.3) is 0 Å². The van der Waals surface area contributed by atoms with Crippen LogP contribution in [0, 0.1) is 0 Å². The van der Waals surface area contributed by atoms with Crippen molar-refractivity contribution in [3.05, 3.63) is 74.4 Å². The van der Waals surface area contributed by atoms with Gasteiger partial charge in [-0.1, -0.05) is 35.3 Å². The van der Waals surface area contributed by atoms with E-state index in [0.717, 1.165) is 11.4 Å². The molecule has 0 saturated heterocycles. The SMILES string of the molecule is COCCN(Cc1nccn1Cc1ccc(Cl)cc1Cl)C(=O)c1cccs1. The number of ether oxygens (including phenoxy) is 1. The Balaban J connectivity index is 1.78. The first-order chi connectivity index (χ1) is 13.1. The molecule has 0 spiro atoms. The third-order valence-electron chi connectivity index (χ3n) is 4.07. The number of carbonyl (C=O) groups excluding carboxylic acids is 1. The molecule has 0 aliphatic carbocycles. The molecule has 0 N–H and O–H groups in total.